The molecule has 1 aromatic rings. The molecule has 17 heavy (non-hydrogen) atoms. The number of aliphatic hydroxyl groups excluding tert-OH is 3. The fourth-order valence-corrected chi connectivity index (χ4v) is 1.28. The highest BCUT2D eigenvalue weighted by Gasteiger charge is 2.30. The molecule has 94 valence electrons. The first-order valence-corrected chi connectivity index (χ1v) is 5.08. The molecule has 6 heteroatoms. The van der Waals surface area contributed by atoms with Gasteiger partial charge in [0.25, 0.3) is 5.91 Å². The van der Waals surface area contributed by atoms with Crippen molar-refractivity contribution in [1.29, 1.82) is 0 Å². The molecule has 0 spiro atoms. The second-order valence-electron chi connectivity index (χ2n) is 3.80. The van der Waals surface area contributed by atoms with E-state index in [0.29, 0.717) is 0 Å². The quantitative estimate of drug-likeness (QED) is 0.411. The van der Waals surface area contributed by atoms with Gasteiger partial charge in [-0.3, -0.25) is 4.79 Å². The summed E-state index contributed by atoms with van der Waals surface area (Å²) >= 11 is 0. The number of carbonyl (C=O) groups excluding carboxylic acids is 1. The van der Waals surface area contributed by atoms with Gasteiger partial charge in [0.15, 0.2) is 0 Å². The molecule has 0 atom stereocenters. The van der Waals surface area contributed by atoms with Gasteiger partial charge in [-0.1, -0.05) is 12.1 Å². The molecule has 1 aromatic carbocycles. The number of aliphatic hydroxyl groups is 3. The van der Waals surface area contributed by atoms with Gasteiger partial charge in [0.2, 0.25) is 0 Å². The van der Waals surface area contributed by atoms with Crippen LogP contribution in [0.2, 0.25) is 0 Å². The van der Waals surface area contributed by atoms with Crippen LogP contribution in [0, 0.1) is 0 Å². The molecule has 0 aliphatic rings. The third kappa shape index (κ3) is 2.94. The largest absolute Gasteiger partial charge is 0.398 e. The summed E-state index contributed by atoms with van der Waals surface area (Å²) in [7, 11) is 0. The fourth-order valence-electron chi connectivity index (χ4n) is 1.28. The van der Waals surface area contributed by atoms with Gasteiger partial charge in [0, 0.05) is 5.69 Å². The van der Waals surface area contributed by atoms with Crippen molar-refractivity contribution in [3.63, 3.8) is 0 Å². The summed E-state index contributed by atoms with van der Waals surface area (Å²) in [6.45, 7) is -1.71. The predicted molar refractivity (Wildman–Crippen MR) is 62.3 cm³/mol. The lowest BCUT2D eigenvalue weighted by atomic mass is 10.0. The summed E-state index contributed by atoms with van der Waals surface area (Å²) in [4.78, 5) is 11.8. The van der Waals surface area contributed by atoms with E-state index in [1.165, 1.54) is 6.07 Å². The van der Waals surface area contributed by atoms with Gasteiger partial charge in [-0.15, -0.1) is 0 Å². The van der Waals surface area contributed by atoms with Gasteiger partial charge in [0.05, 0.1) is 25.4 Å². The molecule has 0 aromatic heterocycles. The highest BCUT2D eigenvalue weighted by Crippen LogP contribution is 2.12. The zero-order chi connectivity index (χ0) is 12.9. The summed E-state index contributed by atoms with van der Waals surface area (Å²) in [6.07, 6.45) is 0. The summed E-state index contributed by atoms with van der Waals surface area (Å²) in [5, 5.41) is 29.6. The summed E-state index contributed by atoms with van der Waals surface area (Å²) < 4.78 is 0. The van der Waals surface area contributed by atoms with E-state index < -0.39 is 31.3 Å². The average Bonchev–Trinajstić information content (AvgIpc) is 2.36. The number of carbonyl (C=O) groups is 1. The minimum Gasteiger partial charge on any atom is -0.398 e. The lowest BCUT2D eigenvalue weighted by Crippen LogP contribution is -2.57. The van der Waals surface area contributed by atoms with Gasteiger partial charge in [-0.05, 0) is 12.1 Å². The van der Waals surface area contributed by atoms with Gasteiger partial charge >= 0.3 is 0 Å². The smallest absolute Gasteiger partial charge is 0.254 e. The normalized spacial score (nSPS) is 11.2. The van der Waals surface area contributed by atoms with E-state index in [1.807, 2.05) is 0 Å². The van der Waals surface area contributed by atoms with E-state index >= 15 is 0 Å². The molecule has 0 aliphatic heterocycles. The number of amides is 1. The van der Waals surface area contributed by atoms with Gasteiger partial charge in [0.1, 0.15) is 5.54 Å². The Balaban J connectivity index is 2.89. The van der Waals surface area contributed by atoms with Crippen molar-refractivity contribution in [2.45, 2.75) is 5.54 Å². The first-order chi connectivity index (χ1) is 8.08. The number of benzene rings is 1. The maximum atomic E-state index is 11.8. The first-order valence-electron chi connectivity index (χ1n) is 5.08. The van der Waals surface area contributed by atoms with E-state index in [-0.39, 0.29) is 11.3 Å². The Morgan fingerprint density at radius 3 is 2.18 bits per heavy atom. The molecule has 6 nitrogen and oxygen atoms in total. The molecule has 1 rings (SSSR count). The molecule has 0 heterocycles. The molecule has 0 fully saturated rings. The van der Waals surface area contributed by atoms with Crippen LogP contribution in [0.5, 0.6) is 0 Å². The van der Waals surface area contributed by atoms with Crippen molar-refractivity contribution in [1.82, 2.24) is 5.32 Å². The second kappa shape index (κ2) is 5.62. The number of nitrogens with two attached hydrogens (primary N) is 1. The van der Waals surface area contributed by atoms with Crippen LogP contribution in [0.15, 0.2) is 24.3 Å². The zero-order valence-electron chi connectivity index (χ0n) is 9.26. The van der Waals surface area contributed by atoms with Gasteiger partial charge < -0.3 is 26.4 Å². The Bertz CT molecular complexity index is 383. The Kier molecular flexibility index (Phi) is 4.45. The van der Waals surface area contributed by atoms with Gasteiger partial charge in [-0.25, -0.2) is 0 Å². The monoisotopic (exact) mass is 240 g/mol. The lowest BCUT2D eigenvalue weighted by Gasteiger charge is -2.28. The van der Waals surface area contributed by atoms with E-state index in [2.05, 4.69) is 5.32 Å². The number of para-hydroxylation sites is 1. The molecule has 1 amide bonds. The maximum absolute atomic E-state index is 11.8. The molecule has 0 bridgehead atoms. The van der Waals surface area contributed by atoms with Crippen LogP contribution in [0.3, 0.4) is 0 Å². The highest BCUT2D eigenvalue weighted by atomic mass is 16.3. The molecule has 0 unspecified atom stereocenters. The Hall–Kier alpha value is -1.63. The predicted octanol–water partition coefficient (Wildman–Crippen LogP) is -1.29. The minimum atomic E-state index is -1.45. The molecule has 0 saturated heterocycles. The molecular formula is C11H16N2O4. The lowest BCUT2D eigenvalue weighted by molar-refractivity contribution is 0.0375. The molecule has 0 saturated carbocycles. The zero-order valence-corrected chi connectivity index (χ0v) is 9.26. The number of rotatable bonds is 5. The second-order valence-corrected chi connectivity index (χ2v) is 3.80. The highest BCUT2D eigenvalue weighted by molar-refractivity contribution is 5.99. The third-order valence-electron chi connectivity index (χ3n) is 2.49. The van der Waals surface area contributed by atoms with Crippen LogP contribution in [0.25, 0.3) is 0 Å². The third-order valence-corrected chi connectivity index (χ3v) is 2.49. The van der Waals surface area contributed by atoms with E-state index in [1.54, 1.807) is 18.2 Å². The Morgan fingerprint density at radius 1 is 1.18 bits per heavy atom. The van der Waals surface area contributed by atoms with Crippen LogP contribution >= 0.6 is 0 Å². The topological polar surface area (TPSA) is 116 Å². The molecular weight excluding hydrogens is 224 g/mol. The van der Waals surface area contributed by atoms with Crippen LogP contribution in [0.4, 0.5) is 5.69 Å². The van der Waals surface area contributed by atoms with Crippen LogP contribution in [0.1, 0.15) is 10.4 Å². The van der Waals surface area contributed by atoms with Crippen molar-refractivity contribution >= 4 is 11.6 Å². The first kappa shape index (κ1) is 13.4. The number of anilines is 1. The molecule has 6 N–H and O–H groups in total. The minimum absolute atomic E-state index is 0.229. The van der Waals surface area contributed by atoms with Crippen LogP contribution in [-0.4, -0.2) is 46.6 Å². The Morgan fingerprint density at radius 2 is 1.71 bits per heavy atom. The summed E-state index contributed by atoms with van der Waals surface area (Å²) in [5.74, 6) is -0.555. The fraction of sp³-hybridized carbons (Fsp3) is 0.364. The van der Waals surface area contributed by atoms with Crippen molar-refractivity contribution in [2.24, 2.45) is 0 Å². The van der Waals surface area contributed by atoms with Crippen molar-refractivity contribution in [2.75, 3.05) is 25.6 Å². The maximum Gasteiger partial charge on any atom is 0.254 e. The Labute approximate surface area is 98.7 Å². The van der Waals surface area contributed by atoms with E-state index in [9.17, 15) is 4.79 Å². The van der Waals surface area contributed by atoms with E-state index in [4.69, 9.17) is 21.1 Å². The molecule has 0 aliphatic carbocycles. The number of nitrogens with one attached hydrogen (secondary N) is 1. The number of nitrogen functional groups attached to an aromatic ring is 1. The summed E-state index contributed by atoms with van der Waals surface area (Å²) in [5.41, 5.74) is 4.69. The van der Waals surface area contributed by atoms with Crippen molar-refractivity contribution in [3.8, 4) is 0 Å². The average molecular weight is 240 g/mol. The van der Waals surface area contributed by atoms with Crippen molar-refractivity contribution in [3.05, 3.63) is 29.8 Å². The van der Waals surface area contributed by atoms with Crippen LogP contribution < -0.4 is 11.1 Å². The SMILES string of the molecule is Nc1ccccc1C(=O)NC(CO)(CO)CO. The van der Waals surface area contributed by atoms with Gasteiger partial charge in [-0.2, -0.15) is 0 Å². The number of hydrogen-bond donors (Lipinski definition) is 5. The number of hydrogen-bond acceptors (Lipinski definition) is 5. The van der Waals surface area contributed by atoms with Crippen LogP contribution in [-0.2, 0) is 0 Å². The standard InChI is InChI=1S/C11H16N2O4/c12-9-4-2-1-3-8(9)10(17)13-11(5-14,6-15)7-16/h1-4,14-16H,5-7,12H2,(H,13,17). The molecule has 0 radical (unpaired) electrons. The van der Waals surface area contributed by atoms with Crippen molar-refractivity contribution < 1.29 is 20.1 Å². The van der Waals surface area contributed by atoms with E-state index in [0.717, 1.165) is 0 Å². The summed E-state index contributed by atoms with van der Waals surface area (Å²) in [6, 6.07) is 6.41.